The molecule has 0 bridgehead atoms. The third-order valence-electron chi connectivity index (χ3n) is 5.56. The van der Waals surface area contributed by atoms with Crippen molar-refractivity contribution < 1.29 is 34.3 Å². The Labute approximate surface area is 191 Å². The zero-order valence-electron chi connectivity index (χ0n) is 18.2. The van der Waals surface area contributed by atoms with Crippen LogP contribution in [0, 0.1) is 0 Å². The Bertz CT molecular complexity index is 1200. The predicted molar refractivity (Wildman–Crippen MR) is 122 cm³/mol. The van der Waals surface area contributed by atoms with E-state index in [2.05, 4.69) is 0 Å². The monoisotopic (exact) mass is 448 g/mol. The van der Waals surface area contributed by atoms with Gasteiger partial charge in [-0.15, -0.1) is 0 Å². The van der Waals surface area contributed by atoms with E-state index in [-0.39, 0.29) is 35.0 Å². The molecule has 3 aromatic carbocycles. The van der Waals surface area contributed by atoms with Gasteiger partial charge in [-0.05, 0) is 29.3 Å². The molecule has 0 unspecified atom stereocenters. The average molecular weight is 448 g/mol. The topological polar surface area (TPSA) is 105 Å². The summed E-state index contributed by atoms with van der Waals surface area (Å²) < 4.78 is 16.6. The van der Waals surface area contributed by atoms with Crippen molar-refractivity contribution in [2.24, 2.45) is 0 Å². The number of aliphatic hydroxyl groups excluding tert-OH is 1. The number of carbonyl (C=O) groups excluding carboxylic acids is 1. The highest BCUT2D eigenvalue weighted by Crippen LogP contribution is 2.46. The van der Waals surface area contributed by atoms with Crippen LogP contribution in [-0.2, 0) is 6.42 Å². The molecule has 1 aliphatic rings. The Morgan fingerprint density at radius 2 is 1.73 bits per heavy atom. The smallest absolute Gasteiger partial charge is 0.193 e. The van der Waals surface area contributed by atoms with E-state index in [4.69, 9.17) is 14.2 Å². The van der Waals surface area contributed by atoms with E-state index < -0.39 is 18.0 Å². The van der Waals surface area contributed by atoms with Crippen LogP contribution in [0.25, 0.3) is 6.08 Å². The molecule has 7 heteroatoms. The summed E-state index contributed by atoms with van der Waals surface area (Å²) in [7, 11) is 2.86. The molecule has 7 nitrogen and oxygen atoms in total. The minimum atomic E-state index is -0.965. The molecule has 0 fully saturated rings. The van der Waals surface area contributed by atoms with Gasteiger partial charge in [0.2, 0.25) is 0 Å². The summed E-state index contributed by atoms with van der Waals surface area (Å²) in [5, 5.41) is 31.4. The molecule has 0 saturated heterocycles. The lowest BCUT2D eigenvalue weighted by Crippen LogP contribution is -2.31. The first-order chi connectivity index (χ1) is 15.9. The van der Waals surface area contributed by atoms with E-state index in [9.17, 15) is 20.1 Å². The van der Waals surface area contributed by atoms with Crippen molar-refractivity contribution in [2.45, 2.75) is 18.6 Å². The maximum absolute atomic E-state index is 13.1. The van der Waals surface area contributed by atoms with E-state index in [0.717, 1.165) is 5.56 Å². The number of hydrogen-bond donors (Lipinski definition) is 3. The van der Waals surface area contributed by atoms with Crippen LogP contribution in [0.3, 0.4) is 0 Å². The highest BCUT2D eigenvalue weighted by atomic mass is 16.5. The number of phenols is 2. The SMILES string of the molecule is COc1cc([C@H]2Oc3c(c(OC)cc(O)c3C(=O)C=Cc3ccccc3)C[C@@H]2O)ccc1O. The minimum absolute atomic E-state index is 0.0133. The van der Waals surface area contributed by atoms with E-state index in [1.54, 1.807) is 18.2 Å². The first kappa shape index (κ1) is 22.2. The molecule has 170 valence electrons. The number of methoxy groups -OCH3 is 2. The number of phenolic OH excluding ortho intramolecular Hbond substituents is 2. The van der Waals surface area contributed by atoms with Crippen molar-refractivity contribution >= 4 is 11.9 Å². The van der Waals surface area contributed by atoms with Crippen molar-refractivity contribution in [2.75, 3.05) is 14.2 Å². The minimum Gasteiger partial charge on any atom is -0.507 e. The van der Waals surface area contributed by atoms with Crippen molar-refractivity contribution in [1.82, 2.24) is 0 Å². The maximum Gasteiger partial charge on any atom is 0.193 e. The number of ketones is 1. The van der Waals surface area contributed by atoms with Gasteiger partial charge in [0, 0.05) is 18.1 Å². The highest BCUT2D eigenvalue weighted by molar-refractivity contribution is 6.11. The van der Waals surface area contributed by atoms with Crippen molar-refractivity contribution in [3.63, 3.8) is 0 Å². The summed E-state index contributed by atoms with van der Waals surface area (Å²) in [4.78, 5) is 13.1. The number of benzene rings is 3. The van der Waals surface area contributed by atoms with Crippen LogP contribution in [0.15, 0.2) is 60.7 Å². The molecule has 1 aliphatic heterocycles. The van der Waals surface area contributed by atoms with Crippen LogP contribution in [-0.4, -0.2) is 41.4 Å². The largest absolute Gasteiger partial charge is 0.507 e. The van der Waals surface area contributed by atoms with Gasteiger partial charge in [0.25, 0.3) is 0 Å². The number of rotatable bonds is 6. The number of fused-ring (bicyclic) bond motifs is 1. The molecular weight excluding hydrogens is 424 g/mol. The molecule has 0 aliphatic carbocycles. The lowest BCUT2D eigenvalue weighted by atomic mass is 9.91. The Morgan fingerprint density at radius 3 is 2.42 bits per heavy atom. The van der Waals surface area contributed by atoms with Gasteiger partial charge in [-0.2, -0.15) is 0 Å². The van der Waals surface area contributed by atoms with Gasteiger partial charge >= 0.3 is 0 Å². The normalized spacial score (nSPS) is 17.3. The standard InChI is InChI=1S/C26H24O7/c1-31-22-14-20(29)24(19(28)10-8-15-6-4-3-5-7-15)26-17(22)13-21(30)25(33-26)16-9-11-18(27)23(12-16)32-2/h3-12,14,21,25,27,29-30H,13H2,1-2H3/t21-,25+/m0/s1. The van der Waals surface area contributed by atoms with Crippen LogP contribution >= 0.6 is 0 Å². The van der Waals surface area contributed by atoms with Gasteiger partial charge < -0.3 is 29.5 Å². The number of ether oxygens (including phenoxy) is 3. The van der Waals surface area contributed by atoms with Gasteiger partial charge in [0.15, 0.2) is 17.3 Å². The summed E-state index contributed by atoms with van der Waals surface area (Å²) >= 11 is 0. The van der Waals surface area contributed by atoms with Crippen molar-refractivity contribution in [3.8, 4) is 28.7 Å². The molecule has 0 amide bonds. The van der Waals surface area contributed by atoms with Gasteiger partial charge in [-0.3, -0.25) is 4.79 Å². The molecule has 1 heterocycles. The quantitative estimate of drug-likeness (QED) is 0.386. The fraction of sp³-hybridized carbons (Fsp3) is 0.192. The van der Waals surface area contributed by atoms with Crippen LogP contribution in [0.2, 0.25) is 0 Å². The van der Waals surface area contributed by atoms with Gasteiger partial charge in [0.1, 0.15) is 28.9 Å². The molecule has 4 rings (SSSR count). The van der Waals surface area contributed by atoms with Gasteiger partial charge in [-0.1, -0.05) is 42.5 Å². The summed E-state index contributed by atoms with van der Waals surface area (Å²) in [5.41, 5.74) is 1.85. The second-order valence-electron chi connectivity index (χ2n) is 7.63. The molecule has 0 radical (unpaired) electrons. The van der Waals surface area contributed by atoms with Gasteiger partial charge in [-0.25, -0.2) is 0 Å². The van der Waals surface area contributed by atoms with Crippen LogP contribution in [0.5, 0.6) is 28.7 Å². The lowest BCUT2D eigenvalue weighted by Gasteiger charge is -2.33. The molecule has 2 atom stereocenters. The highest BCUT2D eigenvalue weighted by Gasteiger charge is 2.36. The molecular formula is C26H24O7. The molecule has 0 spiro atoms. The fourth-order valence-electron chi connectivity index (χ4n) is 3.91. The zero-order valence-corrected chi connectivity index (χ0v) is 18.2. The molecule has 33 heavy (non-hydrogen) atoms. The van der Waals surface area contributed by atoms with Crippen molar-refractivity contribution in [1.29, 1.82) is 0 Å². The molecule has 3 N–H and O–H groups in total. The Hall–Kier alpha value is -3.97. The first-order valence-electron chi connectivity index (χ1n) is 10.3. The van der Waals surface area contributed by atoms with E-state index in [1.807, 2.05) is 30.3 Å². The molecule has 0 saturated carbocycles. The van der Waals surface area contributed by atoms with E-state index in [0.29, 0.717) is 16.9 Å². The van der Waals surface area contributed by atoms with E-state index >= 15 is 0 Å². The lowest BCUT2D eigenvalue weighted by molar-refractivity contribution is 0.0190. The third kappa shape index (κ3) is 4.36. The number of aliphatic hydroxyl groups is 1. The number of aromatic hydroxyl groups is 2. The van der Waals surface area contributed by atoms with Crippen molar-refractivity contribution in [3.05, 3.63) is 82.9 Å². The summed E-state index contributed by atoms with van der Waals surface area (Å²) in [6.45, 7) is 0. The molecule has 0 aromatic heterocycles. The van der Waals surface area contributed by atoms with Crippen LogP contribution in [0.4, 0.5) is 0 Å². The Kier molecular flexibility index (Phi) is 6.24. The number of allylic oxidation sites excluding steroid dienone is 1. The summed E-state index contributed by atoms with van der Waals surface area (Å²) in [6.07, 6.45) is 1.33. The third-order valence-corrected chi connectivity index (χ3v) is 5.56. The second-order valence-corrected chi connectivity index (χ2v) is 7.63. The van der Waals surface area contributed by atoms with Crippen LogP contribution in [0.1, 0.15) is 33.2 Å². The summed E-state index contributed by atoms with van der Waals surface area (Å²) in [6, 6.07) is 15.3. The number of carbonyl (C=O) groups is 1. The number of hydrogen-bond acceptors (Lipinski definition) is 7. The zero-order chi connectivity index (χ0) is 23.5. The van der Waals surface area contributed by atoms with Gasteiger partial charge in [0.05, 0.1) is 20.3 Å². The Morgan fingerprint density at radius 1 is 1.00 bits per heavy atom. The second kappa shape index (κ2) is 9.26. The maximum atomic E-state index is 13.1. The predicted octanol–water partition coefficient (Wildman–Crippen LogP) is 4.05. The Balaban J connectivity index is 1.76. The van der Waals surface area contributed by atoms with E-state index in [1.165, 1.54) is 32.4 Å². The fourth-order valence-corrected chi connectivity index (χ4v) is 3.91. The summed E-state index contributed by atoms with van der Waals surface area (Å²) in [5.74, 6) is -0.0953. The first-order valence-corrected chi connectivity index (χ1v) is 10.3. The van der Waals surface area contributed by atoms with Crippen LogP contribution < -0.4 is 14.2 Å². The average Bonchev–Trinajstić information content (AvgIpc) is 2.83. The molecule has 3 aromatic rings.